The first kappa shape index (κ1) is 65.9. The predicted octanol–water partition coefficient (Wildman–Crippen LogP) is 16.6. The average molecular weight is 980 g/mol. The van der Waals surface area contributed by atoms with Gasteiger partial charge in [-0.25, -0.2) is 0 Å². The molecule has 0 amide bonds. The molecule has 0 aromatic heterocycles. The minimum atomic E-state index is -4.55. The second kappa shape index (κ2) is 51.3. The average Bonchev–Trinajstić information content (AvgIpc) is 3.31. The molecule has 69 heavy (non-hydrogen) atoms. The highest BCUT2D eigenvalue weighted by atomic mass is 31.2. The first-order valence-corrected chi connectivity index (χ1v) is 28.7. The third-order valence-corrected chi connectivity index (χ3v) is 12.0. The Morgan fingerprint density at radius 1 is 0.449 bits per heavy atom. The molecule has 0 aromatic rings. The summed E-state index contributed by atoms with van der Waals surface area (Å²) in [5, 5.41) is 0. The van der Waals surface area contributed by atoms with Gasteiger partial charge in [-0.3, -0.25) is 9.36 Å². The molecule has 0 spiro atoms. The minimum Gasteiger partial charge on any atom is -0.756 e. The van der Waals surface area contributed by atoms with E-state index >= 15 is 0 Å². The normalized spacial score (nSPS) is 14.5. The number of carbonyl (C=O) groups is 1. The first-order valence-electron chi connectivity index (χ1n) is 27.3. The number of hydrogen-bond donors (Lipinski definition) is 0. The van der Waals surface area contributed by atoms with E-state index in [2.05, 4.69) is 135 Å². The van der Waals surface area contributed by atoms with Crippen LogP contribution in [0, 0.1) is 0 Å². The van der Waals surface area contributed by atoms with Gasteiger partial charge in [0, 0.05) is 13.0 Å². The molecule has 9 heteroatoms. The summed E-state index contributed by atoms with van der Waals surface area (Å²) in [6.07, 6.45) is 73.7. The van der Waals surface area contributed by atoms with Crippen molar-refractivity contribution in [1.29, 1.82) is 0 Å². The zero-order chi connectivity index (χ0) is 50.5. The van der Waals surface area contributed by atoms with E-state index in [9.17, 15) is 14.3 Å². The molecule has 0 N–H and O–H groups in total. The van der Waals surface area contributed by atoms with E-state index in [0.29, 0.717) is 24.1 Å². The lowest BCUT2D eigenvalue weighted by Gasteiger charge is -2.28. The highest BCUT2D eigenvalue weighted by molar-refractivity contribution is 7.45. The summed E-state index contributed by atoms with van der Waals surface area (Å²) >= 11 is 0. The van der Waals surface area contributed by atoms with Crippen molar-refractivity contribution in [3.8, 4) is 0 Å². The monoisotopic (exact) mass is 980 g/mol. The van der Waals surface area contributed by atoms with Crippen molar-refractivity contribution in [2.75, 3.05) is 54.1 Å². The van der Waals surface area contributed by atoms with Crippen LogP contribution in [0.2, 0.25) is 0 Å². The number of phosphoric ester groups is 1. The maximum absolute atomic E-state index is 12.8. The molecule has 8 nitrogen and oxygen atoms in total. The first-order chi connectivity index (χ1) is 33.6. The van der Waals surface area contributed by atoms with Crippen molar-refractivity contribution in [1.82, 2.24) is 0 Å². The third-order valence-electron chi connectivity index (χ3n) is 11.0. The van der Waals surface area contributed by atoms with E-state index in [4.69, 9.17) is 18.5 Å². The summed E-state index contributed by atoms with van der Waals surface area (Å²) in [6, 6.07) is 0. The van der Waals surface area contributed by atoms with E-state index in [0.717, 1.165) is 116 Å². The topological polar surface area (TPSA) is 94.1 Å². The Kier molecular flexibility index (Phi) is 49.0. The highest BCUT2D eigenvalue weighted by Gasteiger charge is 2.20. The van der Waals surface area contributed by atoms with Crippen LogP contribution in [0.4, 0.5) is 0 Å². The molecule has 0 bridgehead atoms. The highest BCUT2D eigenvalue weighted by Crippen LogP contribution is 2.38. The molecule has 0 aliphatic heterocycles. The lowest BCUT2D eigenvalue weighted by molar-refractivity contribution is -0.870. The number of esters is 1. The fourth-order valence-corrected chi connectivity index (χ4v) is 7.62. The second-order valence-corrected chi connectivity index (χ2v) is 20.2. The number of rotatable bonds is 49. The van der Waals surface area contributed by atoms with Gasteiger partial charge in [0.15, 0.2) is 0 Å². The van der Waals surface area contributed by atoms with Crippen LogP contribution in [0.5, 0.6) is 0 Å². The molecule has 0 radical (unpaired) electrons. The Morgan fingerprint density at radius 2 is 0.797 bits per heavy atom. The summed E-state index contributed by atoms with van der Waals surface area (Å²) in [7, 11) is 1.32. The number of nitrogens with zero attached hydrogens (tertiary/aromatic N) is 1. The fourth-order valence-electron chi connectivity index (χ4n) is 6.89. The van der Waals surface area contributed by atoms with Gasteiger partial charge in [-0.15, -0.1) is 0 Å². The summed E-state index contributed by atoms with van der Waals surface area (Å²) < 4.78 is 34.8. The lowest BCUT2D eigenvalue weighted by atomic mass is 10.1. The smallest absolute Gasteiger partial charge is 0.306 e. The zero-order valence-corrected chi connectivity index (χ0v) is 45.6. The van der Waals surface area contributed by atoms with Gasteiger partial charge in [-0.1, -0.05) is 206 Å². The Hall–Kier alpha value is -3.10. The van der Waals surface area contributed by atoms with Gasteiger partial charge in [0.2, 0.25) is 0 Å². The van der Waals surface area contributed by atoms with Crippen LogP contribution in [0.15, 0.2) is 122 Å². The summed E-state index contributed by atoms with van der Waals surface area (Å²) in [6.45, 7) is 5.13. The van der Waals surface area contributed by atoms with Gasteiger partial charge in [0.05, 0.1) is 34.4 Å². The minimum absolute atomic E-state index is 0.0146. The SMILES string of the molecule is CC/C=C\C/C=C\C/C=C\C/C=C\C/C=C\C/C=C\CCCCCCCCCOCC(COP(=O)([O-])OCC[N+](C)(C)C)OC(=O)CCCCCCCCCC/C=C\C/C=C\C/C=C\C/C=C\CC. The van der Waals surface area contributed by atoms with Crippen LogP contribution in [0.3, 0.4) is 0 Å². The Bertz CT molecular complexity index is 1510. The van der Waals surface area contributed by atoms with Gasteiger partial charge in [0.1, 0.15) is 19.3 Å². The number of unbranched alkanes of at least 4 members (excludes halogenated alkanes) is 15. The molecule has 0 aliphatic carbocycles. The number of ether oxygens (including phenoxy) is 2. The molecular weight excluding hydrogens is 878 g/mol. The number of carbonyl (C=O) groups excluding carboxylic acids is 1. The molecular formula is C60H102NO7P. The summed E-state index contributed by atoms with van der Waals surface area (Å²) in [5.74, 6) is -0.351. The van der Waals surface area contributed by atoms with Crippen molar-refractivity contribution in [3.63, 3.8) is 0 Å². The number of likely N-dealkylation sites (N-methyl/N-ethyl adjacent to an activating group) is 1. The van der Waals surface area contributed by atoms with Crippen LogP contribution in [-0.4, -0.2) is 70.7 Å². The van der Waals surface area contributed by atoms with E-state index in [1.807, 2.05) is 21.1 Å². The van der Waals surface area contributed by atoms with Crippen LogP contribution in [0.25, 0.3) is 0 Å². The Labute approximate surface area is 424 Å². The van der Waals surface area contributed by atoms with Crippen LogP contribution < -0.4 is 4.89 Å². The predicted molar refractivity (Wildman–Crippen MR) is 295 cm³/mol. The third kappa shape index (κ3) is 55.7. The number of quaternary nitrogens is 1. The maximum Gasteiger partial charge on any atom is 0.306 e. The molecule has 0 aliphatic rings. The number of phosphoric acid groups is 1. The summed E-state index contributed by atoms with van der Waals surface area (Å²) in [4.78, 5) is 25.2. The summed E-state index contributed by atoms with van der Waals surface area (Å²) in [5.41, 5.74) is 0. The van der Waals surface area contributed by atoms with Crippen molar-refractivity contribution < 1.29 is 37.3 Å². The lowest BCUT2D eigenvalue weighted by Crippen LogP contribution is -2.37. The van der Waals surface area contributed by atoms with E-state index < -0.39 is 13.9 Å². The van der Waals surface area contributed by atoms with Crippen molar-refractivity contribution in [3.05, 3.63) is 122 Å². The molecule has 0 heterocycles. The molecule has 0 rings (SSSR count). The van der Waals surface area contributed by atoms with Crippen molar-refractivity contribution in [2.24, 2.45) is 0 Å². The molecule has 0 saturated heterocycles. The van der Waals surface area contributed by atoms with Crippen molar-refractivity contribution >= 4 is 13.8 Å². The van der Waals surface area contributed by atoms with Gasteiger partial charge < -0.3 is 27.9 Å². The van der Waals surface area contributed by atoms with Gasteiger partial charge in [-0.05, 0) is 103 Å². The fraction of sp³-hybridized carbons (Fsp3) is 0.650. The molecule has 0 fully saturated rings. The molecule has 394 valence electrons. The zero-order valence-electron chi connectivity index (χ0n) is 44.7. The van der Waals surface area contributed by atoms with Gasteiger partial charge in [0.25, 0.3) is 7.82 Å². The van der Waals surface area contributed by atoms with Gasteiger partial charge in [-0.2, -0.15) is 0 Å². The van der Waals surface area contributed by atoms with Crippen LogP contribution in [0.1, 0.15) is 194 Å². The molecule has 0 saturated carbocycles. The largest absolute Gasteiger partial charge is 0.756 e. The second-order valence-electron chi connectivity index (χ2n) is 18.8. The van der Waals surface area contributed by atoms with E-state index in [1.165, 1.54) is 57.8 Å². The number of hydrogen-bond acceptors (Lipinski definition) is 7. The maximum atomic E-state index is 12.8. The van der Waals surface area contributed by atoms with E-state index in [1.54, 1.807) is 0 Å². The molecule has 2 atom stereocenters. The van der Waals surface area contributed by atoms with E-state index in [-0.39, 0.29) is 25.8 Å². The van der Waals surface area contributed by atoms with Crippen LogP contribution >= 0.6 is 7.82 Å². The van der Waals surface area contributed by atoms with Crippen molar-refractivity contribution in [2.45, 2.75) is 200 Å². The quantitative estimate of drug-likeness (QED) is 0.0197. The number of allylic oxidation sites excluding steroid dienone is 20. The van der Waals surface area contributed by atoms with Gasteiger partial charge >= 0.3 is 5.97 Å². The molecule has 0 aromatic carbocycles. The Balaban J connectivity index is 4.19. The standard InChI is InChI=1S/C60H102NO7P/c1-6-8-10-12-14-16-18-20-22-24-26-28-29-30-31-32-34-36-38-40-42-44-46-48-50-52-55-65-57-59(58-67-69(63,64)66-56-54-61(3,4)5)68-60(62)53-51-49-47-45-43-41-39-37-35-33-27-25-23-21-19-17-15-13-11-9-7-2/h8-11,14-17,20-23,26-28,30-31,33-34,36,59H,6-7,12-13,18-19,24-25,29,32,35,37-58H2,1-5H3/b10-8-,11-9-,16-14-,17-15-,22-20-,23-21-,28-26-,31-30-,33-27-,36-34-. The Morgan fingerprint density at radius 3 is 1.19 bits per heavy atom. The molecule has 2 unspecified atom stereocenters. The van der Waals surface area contributed by atoms with Crippen LogP contribution in [-0.2, 0) is 27.9 Å².